The second-order valence-corrected chi connectivity index (χ2v) is 12.9. The van der Waals surface area contributed by atoms with Crippen molar-refractivity contribution in [3.8, 4) is 0 Å². The average Bonchev–Trinajstić information content (AvgIpc) is 2.96. The summed E-state index contributed by atoms with van der Waals surface area (Å²) < 4.78 is 6.71. The Kier molecular flexibility index (Phi) is 3.37. The zero-order chi connectivity index (χ0) is 14.5. The molecule has 2 aliphatic rings. The number of fused-ring (bicyclic) bond motifs is 1. The highest BCUT2D eigenvalue weighted by atomic mass is 28.4. The second kappa shape index (κ2) is 4.71. The van der Waals surface area contributed by atoms with Crippen LogP contribution in [0.3, 0.4) is 0 Å². The van der Waals surface area contributed by atoms with Crippen LogP contribution in [0.4, 0.5) is 0 Å². The Bertz CT molecular complexity index is 474. The van der Waals surface area contributed by atoms with Crippen molar-refractivity contribution in [3.63, 3.8) is 0 Å². The van der Waals surface area contributed by atoms with Gasteiger partial charge < -0.3 is 4.43 Å². The van der Waals surface area contributed by atoms with E-state index in [1.54, 1.807) is 0 Å². The van der Waals surface area contributed by atoms with Crippen molar-refractivity contribution in [2.75, 3.05) is 0 Å². The van der Waals surface area contributed by atoms with Gasteiger partial charge in [0.05, 0.1) is 0 Å². The molecule has 2 fully saturated rings. The highest BCUT2D eigenvalue weighted by Gasteiger charge is 2.60. The van der Waals surface area contributed by atoms with Gasteiger partial charge in [-0.3, -0.25) is 0 Å². The maximum Gasteiger partial charge on any atom is 0.192 e. The molecule has 0 aromatic heterocycles. The van der Waals surface area contributed by atoms with Crippen LogP contribution in [0.15, 0.2) is 30.3 Å². The molecule has 2 heteroatoms. The van der Waals surface area contributed by atoms with E-state index in [0.29, 0.717) is 11.1 Å². The summed E-state index contributed by atoms with van der Waals surface area (Å²) >= 11 is 0. The Labute approximate surface area is 124 Å². The predicted molar refractivity (Wildman–Crippen MR) is 87.5 cm³/mol. The van der Waals surface area contributed by atoms with Crippen LogP contribution in [0.5, 0.6) is 0 Å². The fourth-order valence-electron chi connectivity index (χ4n) is 3.67. The molecule has 4 atom stereocenters. The zero-order valence-corrected chi connectivity index (χ0v) is 14.5. The molecule has 3 rings (SSSR count). The summed E-state index contributed by atoms with van der Waals surface area (Å²) in [5.74, 6) is 2.47. The molecule has 0 N–H and O–H groups in total. The average molecular weight is 289 g/mol. The molecule has 0 radical (unpaired) electrons. The van der Waals surface area contributed by atoms with Gasteiger partial charge in [-0.05, 0) is 54.3 Å². The fourth-order valence-corrected chi connectivity index (χ4v) is 5.05. The van der Waals surface area contributed by atoms with Gasteiger partial charge in [0.1, 0.15) is 0 Å². The van der Waals surface area contributed by atoms with Crippen LogP contribution in [-0.2, 0) is 4.43 Å². The van der Waals surface area contributed by atoms with Crippen molar-refractivity contribution >= 4 is 8.32 Å². The number of hydrogen-bond donors (Lipinski definition) is 0. The van der Waals surface area contributed by atoms with Gasteiger partial charge in [-0.15, -0.1) is 0 Å². The van der Waals surface area contributed by atoms with E-state index in [4.69, 9.17) is 4.43 Å². The molecule has 0 heterocycles. The number of benzene rings is 1. The van der Waals surface area contributed by atoms with Gasteiger partial charge in [0.2, 0.25) is 0 Å². The summed E-state index contributed by atoms with van der Waals surface area (Å²) in [6.07, 6.45) is 3.17. The van der Waals surface area contributed by atoms with Gasteiger partial charge in [-0.2, -0.15) is 0 Å². The van der Waals surface area contributed by atoms with Crippen LogP contribution in [0.1, 0.15) is 45.1 Å². The topological polar surface area (TPSA) is 9.23 Å². The summed E-state index contributed by atoms with van der Waals surface area (Å²) in [4.78, 5) is 0. The zero-order valence-electron chi connectivity index (χ0n) is 13.5. The third kappa shape index (κ3) is 2.37. The summed E-state index contributed by atoms with van der Waals surface area (Å²) in [6.45, 7) is 11.8. The molecule has 1 nitrogen and oxygen atoms in total. The lowest BCUT2D eigenvalue weighted by atomic mass is 10.0. The molecule has 0 aliphatic heterocycles. The van der Waals surface area contributed by atoms with E-state index in [9.17, 15) is 0 Å². The van der Waals surface area contributed by atoms with E-state index < -0.39 is 8.32 Å². The van der Waals surface area contributed by atoms with Crippen LogP contribution in [0.2, 0.25) is 18.1 Å². The predicted octanol–water partition coefficient (Wildman–Crippen LogP) is 5.20. The Hall–Kier alpha value is -0.603. The van der Waals surface area contributed by atoms with E-state index in [2.05, 4.69) is 64.2 Å². The quantitative estimate of drug-likeness (QED) is 0.695. The second-order valence-electron chi connectivity index (χ2n) is 8.17. The van der Waals surface area contributed by atoms with E-state index in [-0.39, 0.29) is 0 Å². The molecule has 1 aromatic rings. The summed E-state index contributed by atoms with van der Waals surface area (Å²) in [5.41, 5.74) is 1.53. The highest BCUT2D eigenvalue weighted by Crippen LogP contribution is 2.64. The minimum atomic E-state index is -1.62. The van der Waals surface area contributed by atoms with Crippen LogP contribution < -0.4 is 0 Å². The maximum atomic E-state index is 6.71. The first-order valence-corrected chi connectivity index (χ1v) is 10.9. The van der Waals surface area contributed by atoms with Gasteiger partial charge in [0, 0.05) is 6.10 Å². The molecular formula is C18H28OSi. The Morgan fingerprint density at radius 1 is 1.05 bits per heavy atom. The molecule has 1 aromatic carbocycles. The summed E-state index contributed by atoms with van der Waals surface area (Å²) in [7, 11) is -1.62. The first kappa shape index (κ1) is 14.3. The first-order chi connectivity index (χ1) is 9.31. The van der Waals surface area contributed by atoms with Gasteiger partial charge >= 0.3 is 0 Å². The SMILES string of the molecule is CC(C)(C)[Si](C)(C)O[C@@H]1CC[C@@H]2[C@@H](c3ccccc3)[C@@H]21. The minimum Gasteiger partial charge on any atom is -0.414 e. The lowest BCUT2D eigenvalue weighted by Crippen LogP contribution is -2.44. The van der Waals surface area contributed by atoms with Gasteiger partial charge in [-0.1, -0.05) is 51.1 Å². The Morgan fingerprint density at radius 3 is 2.30 bits per heavy atom. The normalized spacial score (nSPS) is 33.0. The summed E-state index contributed by atoms with van der Waals surface area (Å²) in [6, 6.07) is 11.1. The monoisotopic (exact) mass is 288 g/mol. The molecule has 0 unspecified atom stereocenters. The highest BCUT2D eigenvalue weighted by molar-refractivity contribution is 6.74. The Balaban J connectivity index is 1.70. The van der Waals surface area contributed by atoms with Crippen molar-refractivity contribution in [2.45, 2.75) is 63.8 Å². The molecule has 0 bridgehead atoms. The van der Waals surface area contributed by atoms with Crippen LogP contribution >= 0.6 is 0 Å². The van der Waals surface area contributed by atoms with Crippen LogP contribution in [0, 0.1) is 11.8 Å². The van der Waals surface area contributed by atoms with E-state index in [1.165, 1.54) is 18.4 Å². The van der Waals surface area contributed by atoms with Crippen molar-refractivity contribution in [3.05, 3.63) is 35.9 Å². The lowest BCUT2D eigenvalue weighted by Gasteiger charge is -2.39. The maximum absolute atomic E-state index is 6.71. The molecule has 2 saturated carbocycles. The van der Waals surface area contributed by atoms with Gasteiger partial charge in [0.15, 0.2) is 8.32 Å². The molecule has 0 amide bonds. The third-order valence-electron chi connectivity index (χ3n) is 5.88. The minimum absolute atomic E-state index is 0.322. The van der Waals surface area contributed by atoms with E-state index in [0.717, 1.165) is 17.8 Å². The van der Waals surface area contributed by atoms with E-state index >= 15 is 0 Å². The number of rotatable bonds is 3. The molecule has 0 spiro atoms. The van der Waals surface area contributed by atoms with Crippen LogP contribution in [0.25, 0.3) is 0 Å². The van der Waals surface area contributed by atoms with Gasteiger partial charge in [0.25, 0.3) is 0 Å². The molecular weight excluding hydrogens is 260 g/mol. The summed E-state index contributed by atoms with van der Waals surface area (Å²) in [5, 5.41) is 0.322. The Morgan fingerprint density at radius 2 is 1.70 bits per heavy atom. The van der Waals surface area contributed by atoms with Crippen molar-refractivity contribution in [1.29, 1.82) is 0 Å². The molecule has 20 heavy (non-hydrogen) atoms. The number of hydrogen-bond acceptors (Lipinski definition) is 1. The first-order valence-electron chi connectivity index (χ1n) is 8.04. The van der Waals surface area contributed by atoms with Gasteiger partial charge in [-0.25, -0.2) is 0 Å². The molecule has 2 aliphatic carbocycles. The van der Waals surface area contributed by atoms with Crippen molar-refractivity contribution < 1.29 is 4.43 Å². The lowest BCUT2D eigenvalue weighted by molar-refractivity contribution is 0.162. The van der Waals surface area contributed by atoms with Crippen LogP contribution in [-0.4, -0.2) is 14.4 Å². The third-order valence-corrected chi connectivity index (χ3v) is 10.4. The molecule has 0 saturated heterocycles. The van der Waals surface area contributed by atoms with Crippen molar-refractivity contribution in [2.24, 2.45) is 11.8 Å². The molecule has 110 valence electrons. The van der Waals surface area contributed by atoms with E-state index in [1.807, 2.05) is 0 Å². The van der Waals surface area contributed by atoms with Crippen molar-refractivity contribution in [1.82, 2.24) is 0 Å². The smallest absolute Gasteiger partial charge is 0.192 e. The largest absolute Gasteiger partial charge is 0.414 e. The fraction of sp³-hybridized carbons (Fsp3) is 0.667. The standard InChI is InChI=1S/C18H28OSi/c1-18(2,3)20(4,5)19-15-12-11-14-16(17(14)15)13-9-7-6-8-10-13/h6-10,14-17H,11-12H2,1-5H3/t14-,15-,16-,17+/m1/s1.